The molecule has 3 aromatic carbocycles. The summed E-state index contributed by atoms with van der Waals surface area (Å²) in [4.78, 5) is 34.0. The van der Waals surface area contributed by atoms with Gasteiger partial charge in [-0.2, -0.15) is 0 Å². The molecule has 4 rings (SSSR count). The lowest BCUT2D eigenvalue weighted by atomic mass is 10.1. The van der Waals surface area contributed by atoms with Crippen LogP contribution in [0.1, 0.15) is 47.1 Å². The van der Waals surface area contributed by atoms with Crippen molar-refractivity contribution in [1.82, 2.24) is 9.97 Å². The summed E-state index contributed by atoms with van der Waals surface area (Å²) in [5, 5.41) is 9.11. The minimum absolute atomic E-state index is 0.0338. The number of aromatic nitrogens is 2. The van der Waals surface area contributed by atoms with Gasteiger partial charge in [-0.25, -0.2) is 9.37 Å². The standard InChI is InChI=1S/C28H28Cl2FN5O3/c1-15-18(29)7-6-10-21(15)34-25(37)17-13-16(33-26(38)23-19(30)8-5-9-20(23)31)14-22-24(17)36-27(35-22)32-11-12-39-28(2,3)4/h5-10,13-14H,11-12H2,1-4H3,(H,33,38)(H,34,37)(H2,32,35,36). The molecule has 1 heterocycles. The fourth-order valence-corrected chi connectivity index (χ4v) is 4.24. The monoisotopic (exact) mass is 571 g/mol. The molecule has 0 aliphatic rings. The number of rotatable bonds is 8. The molecule has 204 valence electrons. The molecule has 0 atom stereocenters. The first-order chi connectivity index (χ1) is 18.4. The molecule has 0 saturated carbocycles. The molecule has 0 fully saturated rings. The van der Waals surface area contributed by atoms with E-state index in [2.05, 4.69) is 25.9 Å². The fourth-order valence-electron chi connectivity index (χ4n) is 3.81. The summed E-state index contributed by atoms with van der Waals surface area (Å²) in [6, 6.07) is 12.2. The average Bonchev–Trinajstić information content (AvgIpc) is 3.26. The van der Waals surface area contributed by atoms with Gasteiger partial charge in [0, 0.05) is 22.9 Å². The van der Waals surface area contributed by atoms with Crippen LogP contribution >= 0.6 is 23.2 Å². The summed E-state index contributed by atoms with van der Waals surface area (Å²) in [6.07, 6.45) is 0. The normalized spacial score (nSPS) is 11.5. The number of anilines is 3. The largest absolute Gasteiger partial charge is 0.374 e. The Balaban J connectivity index is 1.68. The molecule has 4 N–H and O–H groups in total. The number of H-pyrrole nitrogens is 1. The van der Waals surface area contributed by atoms with Crippen LogP contribution < -0.4 is 16.0 Å². The van der Waals surface area contributed by atoms with E-state index in [-0.39, 0.29) is 27.4 Å². The zero-order chi connectivity index (χ0) is 28.3. The van der Waals surface area contributed by atoms with E-state index in [1.165, 1.54) is 18.2 Å². The summed E-state index contributed by atoms with van der Waals surface area (Å²) >= 11 is 12.3. The van der Waals surface area contributed by atoms with Crippen molar-refractivity contribution in [2.45, 2.75) is 33.3 Å². The maximum Gasteiger partial charge on any atom is 0.260 e. The zero-order valence-corrected chi connectivity index (χ0v) is 23.4. The van der Waals surface area contributed by atoms with Crippen LogP contribution in [0, 0.1) is 12.7 Å². The summed E-state index contributed by atoms with van der Waals surface area (Å²) in [5.74, 6) is -1.58. The number of ether oxygens (including phenoxy) is 1. The van der Waals surface area contributed by atoms with Crippen molar-refractivity contribution >= 4 is 63.4 Å². The van der Waals surface area contributed by atoms with Crippen LogP contribution in [0.2, 0.25) is 10.0 Å². The Labute approximate surface area is 235 Å². The van der Waals surface area contributed by atoms with E-state index >= 15 is 0 Å². The average molecular weight is 572 g/mol. The van der Waals surface area contributed by atoms with Crippen molar-refractivity contribution < 1.29 is 18.7 Å². The zero-order valence-electron chi connectivity index (χ0n) is 21.8. The van der Waals surface area contributed by atoms with Crippen LogP contribution in [0.15, 0.2) is 48.5 Å². The minimum Gasteiger partial charge on any atom is -0.374 e. The molecular weight excluding hydrogens is 544 g/mol. The molecule has 11 heteroatoms. The molecule has 4 aromatic rings. The van der Waals surface area contributed by atoms with Gasteiger partial charge in [-0.1, -0.05) is 35.3 Å². The number of nitrogens with zero attached hydrogens (tertiary/aromatic N) is 1. The van der Waals surface area contributed by atoms with E-state index < -0.39 is 17.6 Å². The quantitative estimate of drug-likeness (QED) is 0.169. The highest BCUT2D eigenvalue weighted by Crippen LogP contribution is 2.28. The lowest BCUT2D eigenvalue weighted by Crippen LogP contribution is -2.23. The van der Waals surface area contributed by atoms with E-state index in [0.717, 1.165) is 6.07 Å². The number of nitrogens with one attached hydrogen (secondary N) is 4. The highest BCUT2D eigenvalue weighted by Gasteiger charge is 2.21. The molecule has 2 amide bonds. The molecule has 8 nitrogen and oxygen atoms in total. The topological polar surface area (TPSA) is 108 Å². The summed E-state index contributed by atoms with van der Waals surface area (Å²) in [6.45, 7) is 8.59. The van der Waals surface area contributed by atoms with Crippen molar-refractivity contribution in [2.24, 2.45) is 0 Å². The van der Waals surface area contributed by atoms with Gasteiger partial charge in [0.05, 0.1) is 33.9 Å². The highest BCUT2D eigenvalue weighted by molar-refractivity contribution is 6.34. The lowest BCUT2D eigenvalue weighted by Gasteiger charge is -2.19. The third kappa shape index (κ3) is 6.86. The predicted molar refractivity (Wildman–Crippen MR) is 154 cm³/mol. The van der Waals surface area contributed by atoms with Gasteiger partial charge in [-0.15, -0.1) is 0 Å². The predicted octanol–water partition coefficient (Wildman–Crippen LogP) is 7.05. The van der Waals surface area contributed by atoms with Gasteiger partial charge in [0.15, 0.2) is 0 Å². The molecule has 0 aliphatic heterocycles. The van der Waals surface area contributed by atoms with Crippen molar-refractivity contribution in [1.29, 1.82) is 0 Å². The van der Waals surface area contributed by atoms with Gasteiger partial charge in [0.2, 0.25) is 5.95 Å². The number of imidazole rings is 1. The Bertz CT molecular complexity index is 1530. The number of fused-ring (bicyclic) bond motifs is 1. The van der Waals surface area contributed by atoms with Crippen LogP contribution in [-0.2, 0) is 4.74 Å². The number of hydrogen-bond acceptors (Lipinski definition) is 5. The second-order valence-electron chi connectivity index (χ2n) is 9.81. The van der Waals surface area contributed by atoms with E-state index in [9.17, 15) is 14.0 Å². The Morgan fingerprint density at radius 2 is 1.74 bits per heavy atom. The van der Waals surface area contributed by atoms with Crippen LogP contribution in [-0.4, -0.2) is 40.5 Å². The Morgan fingerprint density at radius 1 is 1.03 bits per heavy atom. The molecule has 0 unspecified atom stereocenters. The van der Waals surface area contributed by atoms with Crippen LogP contribution in [0.25, 0.3) is 11.0 Å². The van der Waals surface area contributed by atoms with E-state index in [0.29, 0.717) is 46.4 Å². The third-order valence-corrected chi connectivity index (χ3v) is 6.45. The van der Waals surface area contributed by atoms with Crippen molar-refractivity contribution in [3.8, 4) is 0 Å². The third-order valence-electron chi connectivity index (χ3n) is 5.72. The molecule has 0 bridgehead atoms. The smallest absolute Gasteiger partial charge is 0.260 e. The Hall–Kier alpha value is -3.66. The Morgan fingerprint density at radius 3 is 2.46 bits per heavy atom. The molecule has 0 radical (unpaired) electrons. The maximum absolute atomic E-state index is 14.3. The number of halogens is 3. The minimum atomic E-state index is -0.763. The number of aromatic amines is 1. The fraction of sp³-hybridized carbons (Fsp3) is 0.250. The number of amides is 2. The van der Waals surface area contributed by atoms with Gasteiger partial charge in [0.1, 0.15) is 11.3 Å². The summed E-state index contributed by atoms with van der Waals surface area (Å²) < 4.78 is 20.1. The van der Waals surface area contributed by atoms with Gasteiger partial charge in [-0.05, 0) is 69.7 Å². The number of carbonyl (C=O) groups excluding carboxylic acids is 2. The molecule has 0 aliphatic carbocycles. The second-order valence-corrected chi connectivity index (χ2v) is 10.6. The Kier molecular flexibility index (Phi) is 8.44. The van der Waals surface area contributed by atoms with E-state index in [1.54, 1.807) is 31.2 Å². The van der Waals surface area contributed by atoms with E-state index in [4.69, 9.17) is 27.9 Å². The second kappa shape index (κ2) is 11.6. The van der Waals surface area contributed by atoms with Crippen LogP contribution in [0.3, 0.4) is 0 Å². The molecule has 0 saturated heterocycles. The van der Waals surface area contributed by atoms with Gasteiger partial charge >= 0.3 is 0 Å². The van der Waals surface area contributed by atoms with Gasteiger partial charge in [0.25, 0.3) is 11.8 Å². The lowest BCUT2D eigenvalue weighted by molar-refractivity contribution is 0.00328. The molecule has 39 heavy (non-hydrogen) atoms. The maximum atomic E-state index is 14.3. The van der Waals surface area contributed by atoms with Gasteiger partial charge < -0.3 is 25.7 Å². The number of benzene rings is 3. The van der Waals surface area contributed by atoms with Crippen molar-refractivity contribution in [3.63, 3.8) is 0 Å². The highest BCUT2D eigenvalue weighted by atomic mass is 35.5. The molecule has 0 spiro atoms. The first kappa shape index (κ1) is 28.4. The SMILES string of the molecule is Cc1c(Cl)cccc1NC(=O)c1cc(NC(=O)c2c(F)cccc2Cl)cc2[nH]c(NCCOC(C)(C)C)nc12. The van der Waals surface area contributed by atoms with Crippen molar-refractivity contribution in [3.05, 3.63) is 81.1 Å². The van der Waals surface area contributed by atoms with Crippen molar-refractivity contribution in [2.75, 3.05) is 29.1 Å². The first-order valence-electron chi connectivity index (χ1n) is 12.2. The number of carbonyl (C=O) groups is 2. The summed E-state index contributed by atoms with van der Waals surface area (Å²) in [7, 11) is 0. The van der Waals surface area contributed by atoms with Crippen LogP contribution in [0.5, 0.6) is 0 Å². The molecule has 1 aromatic heterocycles. The summed E-state index contributed by atoms with van der Waals surface area (Å²) in [5.41, 5.74) is 1.90. The first-order valence-corrected chi connectivity index (χ1v) is 12.9. The molecular formula is C28H28Cl2FN5O3. The number of hydrogen-bond donors (Lipinski definition) is 4. The van der Waals surface area contributed by atoms with E-state index in [1.807, 2.05) is 20.8 Å². The van der Waals surface area contributed by atoms with Gasteiger partial charge in [-0.3, -0.25) is 9.59 Å². The van der Waals surface area contributed by atoms with Crippen LogP contribution in [0.4, 0.5) is 21.7 Å².